The maximum atomic E-state index is 5.47. The molecule has 0 aliphatic heterocycles. The summed E-state index contributed by atoms with van der Waals surface area (Å²) >= 11 is 0. The molecular weight excluding hydrogens is 274 g/mol. The number of nitrogens with one attached hydrogen (secondary N) is 1. The fourth-order valence-corrected chi connectivity index (χ4v) is 2.22. The Kier molecular flexibility index (Phi) is 6.52. The van der Waals surface area contributed by atoms with Gasteiger partial charge in [-0.25, -0.2) is 0 Å². The Hall–Kier alpha value is -2.26. The molecule has 0 heterocycles. The minimum Gasteiger partial charge on any atom is -0.496 e. The number of ether oxygens (including phenoxy) is 2. The molecule has 0 saturated carbocycles. The first-order chi connectivity index (χ1) is 10.8. The van der Waals surface area contributed by atoms with Crippen LogP contribution in [-0.4, -0.2) is 20.3 Å². The van der Waals surface area contributed by atoms with Gasteiger partial charge < -0.3 is 14.8 Å². The monoisotopic (exact) mass is 297 g/mol. The van der Waals surface area contributed by atoms with E-state index in [-0.39, 0.29) is 0 Å². The van der Waals surface area contributed by atoms with Crippen molar-refractivity contribution >= 4 is 0 Å². The van der Waals surface area contributed by atoms with Crippen LogP contribution in [0, 0.1) is 0 Å². The summed E-state index contributed by atoms with van der Waals surface area (Å²) in [6.07, 6.45) is 2.69. The van der Waals surface area contributed by atoms with Gasteiger partial charge in [0.25, 0.3) is 0 Å². The molecule has 0 radical (unpaired) electrons. The molecule has 0 aromatic heterocycles. The first kappa shape index (κ1) is 16.1. The molecule has 0 atom stereocenters. The van der Waals surface area contributed by atoms with Gasteiger partial charge in [-0.2, -0.15) is 0 Å². The van der Waals surface area contributed by atoms with Gasteiger partial charge in [0, 0.05) is 6.54 Å². The molecule has 0 amide bonds. The average Bonchev–Trinajstić information content (AvgIpc) is 2.58. The first-order valence-corrected chi connectivity index (χ1v) is 7.48. The van der Waals surface area contributed by atoms with E-state index in [1.165, 1.54) is 11.1 Å². The number of rotatable bonds is 9. The summed E-state index contributed by atoms with van der Waals surface area (Å²) < 4.78 is 10.8. The van der Waals surface area contributed by atoms with Crippen molar-refractivity contribution < 1.29 is 9.47 Å². The second kappa shape index (κ2) is 8.90. The molecule has 0 aliphatic rings. The molecule has 116 valence electrons. The highest BCUT2D eigenvalue weighted by Gasteiger charge is 2.01. The van der Waals surface area contributed by atoms with Crippen LogP contribution in [0.15, 0.2) is 61.2 Å². The molecule has 0 unspecified atom stereocenters. The van der Waals surface area contributed by atoms with E-state index in [9.17, 15) is 0 Å². The Morgan fingerprint density at radius 2 is 1.86 bits per heavy atom. The summed E-state index contributed by atoms with van der Waals surface area (Å²) in [4.78, 5) is 0. The normalized spacial score (nSPS) is 10.2. The molecular formula is C19H23NO2. The van der Waals surface area contributed by atoms with Crippen LogP contribution in [-0.2, 0) is 13.0 Å². The van der Waals surface area contributed by atoms with Crippen molar-refractivity contribution in [2.45, 2.75) is 13.0 Å². The van der Waals surface area contributed by atoms with Crippen molar-refractivity contribution in [2.75, 3.05) is 20.3 Å². The molecule has 0 spiro atoms. The van der Waals surface area contributed by atoms with Crippen LogP contribution in [0.25, 0.3) is 0 Å². The van der Waals surface area contributed by atoms with E-state index in [0.717, 1.165) is 31.0 Å². The van der Waals surface area contributed by atoms with Gasteiger partial charge in [-0.05, 0) is 42.3 Å². The van der Waals surface area contributed by atoms with Gasteiger partial charge in [-0.1, -0.05) is 43.0 Å². The van der Waals surface area contributed by atoms with Crippen LogP contribution in [0.5, 0.6) is 11.5 Å². The minimum atomic E-state index is 0.538. The third-order valence-corrected chi connectivity index (χ3v) is 3.38. The van der Waals surface area contributed by atoms with Crippen molar-refractivity contribution in [3.8, 4) is 11.5 Å². The second-order valence-electron chi connectivity index (χ2n) is 4.98. The smallest absolute Gasteiger partial charge is 0.122 e. The fraction of sp³-hybridized carbons (Fsp3) is 0.263. The zero-order chi connectivity index (χ0) is 15.6. The molecule has 2 rings (SSSR count). The lowest BCUT2D eigenvalue weighted by atomic mass is 10.1. The standard InChI is InChI=1S/C19H23NO2/c1-3-14-22-18-10-8-16(9-11-18)15-20-13-12-17-6-4-5-7-19(17)21-2/h3-11,20H,1,12-15H2,2H3. The first-order valence-electron chi connectivity index (χ1n) is 7.48. The molecule has 1 N–H and O–H groups in total. The zero-order valence-corrected chi connectivity index (χ0v) is 13.0. The topological polar surface area (TPSA) is 30.5 Å². The highest BCUT2D eigenvalue weighted by atomic mass is 16.5. The van der Waals surface area contributed by atoms with Gasteiger partial charge >= 0.3 is 0 Å². The molecule has 0 aliphatic carbocycles. The number of benzene rings is 2. The minimum absolute atomic E-state index is 0.538. The van der Waals surface area contributed by atoms with E-state index in [4.69, 9.17) is 9.47 Å². The van der Waals surface area contributed by atoms with Crippen LogP contribution in [0.1, 0.15) is 11.1 Å². The lowest BCUT2D eigenvalue weighted by Crippen LogP contribution is -2.16. The summed E-state index contributed by atoms with van der Waals surface area (Å²) in [7, 11) is 1.71. The van der Waals surface area contributed by atoms with E-state index in [1.54, 1.807) is 13.2 Å². The fourth-order valence-electron chi connectivity index (χ4n) is 2.22. The highest BCUT2D eigenvalue weighted by molar-refractivity contribution is 5.33. The molecule has 0 fully saturated rings. The predicted octanol–water partition coefficient (Wildman–Crippen LogP) is 3.59. The SMILES string of the molecule is C=CCOc1ccc(CNCCc2ccccc2OC)cc1. The van der Waals surface area contributed by atoms with Gasteiger partial charge in [0.05, 0.1) is 7.11 Å². The van der Waals surface area contributed by atoms with Crippen molar-refractivity contribution in [2.24, 2.45) is 0 Å². The van der Waals surface area contributed by atoms with E-state index in [1.807, 2.05) is 30.3 Å². The van der Waals surface area contributed by atoms with Crippen LogP contribution < -0.4 is 14.8 Å². The lowest BCUT2D eigenvalue weighted by Gasteiger charge is -2.09. The van der Waals surface area contributed by atoms with Crippen LogP contribution in [0.3, 0.4) is 0 Å². The Morgan fingerprint density at radius 1 is 1.09 bits per heavy atom. The predicted molar refractivity (Wildman–Crippen MR) is 90.5 cm³/mol. The Balaban J connectivity index is 1.75. The Morgan fingerprint density at radius 3 is 2.59 bits per heavy atom. The third-order valence-electron chi connectivity index (χ3n) is 3.38. The van der Waals surface area contributed by atoms with Gasteiger partial charge in [-0.3, -0.25) is 0 Å². The van der Waals surface area contributed by atoms with Gasteiger partial charge in [-0.15, -0.1) is 0 Å². The molecule has 2 aromatic carbocycles. The van der Waals surface area contributed by atoms with Gasteiger partial charge in [0.15, 0.2) is 0 Å². The Labute approximate surface area is 132 Å². The largest absolute Gasteiger partial charge is 0.496 e. The molecule has 22 heavy (non-hydrogen) atoms. The number of para-hydroxylation sites is 1. The molecule has 2 aromatic rings. The molecule has 3 nitrogen and oxygen atoms in total. The molecule has 3 heteroatoms. The van der Waals surface area contributed by atoms with Crippen molar-refractivity contribution in [1.82, 2.24) is 5.32 Å². The number of hydrogen-bond acceptors (Lipinski definition) is 3. The number of methoxy groups -OCH3 is 1. The molecule has 0 bridgehead atoms. The van der Waals surface area contributed by atoms with Crippen LogP contribution >= 0.6 is 0 Å². The van der Waals surface area contributed by atoms with E-state index in [0.29, 0.717) is 6.61 Å². The summed E-state index contributed by atoms with van der Waals surface area (Å²) in [6.45, 7) is 5.93. The zero-order valence-electron chi connectivity index (χ0n) is 13.0. The maximum Gasteiger partial charge on any atom is 0.122 e. The average molecular weight is 297 g/mol. The van der Waals surface area contributed by atoms with E-state index < -0.39 is 0 Å². The summed E-state index contributed by atoms with van der Waals surface area (Å²) in [5.41, 5.74) is 2.47. The lowest BCUT2D eigenvalue weighted by molar-refractivity contribution is 0.363. The number of hydrogen-bond donors (Lipinski definition) is 1. The summed E-state index contributed by atoms with van der Waals surface area (Å²) in [5, 5.41) is 3.45. The summed E-state index contributed by atoms with van der Waals surface area (Å²) in [5.74, 6) is 1.82. The third kappa shape index (κ3) is 4.93. The van der Waals surface area contributed by atoms with Gasteiger partial charge in [0.2, 0.25) is 0 Å². The van der Waals surface area contributed by atoms with E-state index in [2.05, 4.69) is 30.1 Å². The second-order valence-corrected chi connectivity index (χ2v) is 4.98. The van der Waals surface area contributed by atoms with Gasteiger partial charge in [0.1, 0.15) is 18.1 Å². The van der Waals surface area contributed by atoms with Crippen LogP contribution in [0.4, 0.5) is 0 Å². The Bertz CT molecular complexity index is 578. The quantitative estimate of drug-likeness (QED) is 0.567. The van der Waals surface area contributed by atoms with Crippen molar-refractivity contribution in [3.63, 3.8) is 0 Å². The maximum absolute atomic E-state index is 5.47. The summed E-state index contributed by atoms with van der Waals surface area (Å²) in [6, 6.07) is 16.3. The van der Waals surface area contributed by atoms with E-state index >= 15 is 0 Å². The highest BCUT2D eigenvalue weighted by Crippen LogP contribution is 2.17. The molecule has 0 saturated heterocycles. The van der Waals surface area contributed by atoms with Crippen molar-refractivity contribution in [3.05, 3.63) is 72.3 Å². The van der Waals surface area contributed by atoms with Crippen molar-refractivity contribution in [1.29, 1.82) is 0 Å². The van der Waals surface area contributed by atoms with Crippen LogP contribution in [0.2, 0.25) is 0 Å².